The summed E-state index contributed by atoms with van der Waals surface area (Å²) in [5.41, 5.74) is 1.02. The molecule has 2 atom stereocenters. The smallest absolute Gasteiger partial charge is 0.253 e. The van der Waals surface area contributed by atoms with Crippen LogP contribution >= 0.6 is 23.2 Å². The Balaban J connectivity index is 1.72. The molecule has 29 heavy (non-hydrogen) atoms. The van der Waals surface area contributed by atoms with E-state index in [-0.39, 0.29) is 28.5 Å². The highest BCUT2D eigenvalue weighted by atomic mass is 35.5. The van der Waals surface area contributed by atoms with Crippen LogP contribution < -0.4 is 10.6 Å². The van der Waals surface area contributed by atoms with Crippen molar-refractivity contribution in [1.82, 2.24) is 10.6 Å². The molecule has 0 saturated carbocycles. The summed E-state index contributed by atoms with van der Waals surface area (Å²) < 4.78 is 5.82. The number of nitrogens with one attached hydrogen (secondary N) is 2. The Kier molecular flexibility index (Phi) is 6.50. The van der Waals surface area contributed by atoms with E-state index in [1.54, 1.807) is 6.07 Å². The molecule has 1 aromatic heterocycles. The minimum atomic E-state index is -0.735. The van der Waals surface area contributed by atoms with Crippen molar-refractivity contribution in [3.8, 4) is 0 Å². The number of halogens is 2. The highest BCUT2D eigenvalue weighted by Gasteiger charge is 2.27. The molecule has 0 aliphatic rings. The maximum atomic E-state index is 12.9. The van der Waals surface area contributed by atoms with E-state index in [4.69, 9.17) is 27.6 Å². The molecule has 5 nitrogen and oxygen atoms in total. The molecule has 1 heterocycles. The van der Waals surface area contributed by atoms with Crippen LogP contribution in [-0.4, -0.2) is 17.9 Å². The third-order valence-electron chi connectivity index (χ3n) is 4.64. The summed E-state index contributed by atoms with van der Waals surface area (Å²) in [5.74, 6) is -0.217. The summed E-state index contributed by atoms with van der Waals surface area (Å²) in [7, 11) is 0. The third kappa shape index (κ3) is 4.92. The largest absolute Gasteiger partial charge is 0.459 e. The summed E-state index contributed by atoms with van der Waals surface area (Å²) in [6.07, 6.45) is 0. The van der Waals surface area contributed by atoms with Gasteiger partial charge in [-0.15, -0.1) is 0 Å². The molecule has 2 amide bonds. The van der Waals surface area contributed by atoms with Crippen LogP contribution in [0.1, 0.15) is 42.9 Å². The molecule has 0 aliphatic heterocycles. The Morgan fingerprint density at radius 3 is 2.34 bits per heavy atom. The molecule has 0 radical (unpaired) electrons. The third-order valence-corrected chi connectivity index (χ3v) is 5.19. The lowest BCUT2D eigenvalue weighted by Crippen LogP contribution is -2.50. The predicted octanol–water partition coefficient (Wildman–Crippen LogP) is 5.37. The topological polar surface area (TPSA) is 71.3 Å². The fraction of sp³-hybridized carbons (Fsp3) is 0.273. The van der Waals surface area contributed by atoms with Gasteiger partial charge in [-0.05, 0) is 43.2 Å². The van der Waals surface area contributed by atoms with Gasteiger partial charge in [-0.25, -0.2) is 0 Å². The first-order valence-corrected chi connectivity index (χ1v) is 10.1. The van der Waals surface area contributed by atoms with Crippen molar-refractivity contribution in [1.29, 1.82) is 0 Å². The molecule has 0 fully saturated rings. The summed E-state index contributed by atoms with van der Waals surface area (Å²) in [5, 5.41) is 7.32. The molecule has 0 saturated heterocycles. The Labute approximate surface area is 179 Å². The lowest BCUT2D eigenvalue weighted by atomic mass is 10.0. The van der Waals surface area contributed by atoms with E-state index in [1.807, 2.05) is 51.1 Å². The number of carbonyl (C=O) groups is 2. The number of para-hydroxylation sites is 1. The van der Waals surface area contributed by atoms with Gasteiger partial charge >= 0.3 is 0 Å². The van der Waals surface area contributed by atoms with Crippen LogP contribution in [0.4, 0.5) is 0 Å². The van der Waals surface area contributed by atoms with Gasteiger partial charge in [-0.1, -0.05) is 55.2 Å². The normalized spacial score (nSPS) is 13.3. The maximum absolute atomic E-state index is 12.9. The van der Waals surface area contributed by atoms with Crippen LogP contribution in [0, 0.1) is 5.92 Å². The van der Waals surface area contributed by atoms with Crippen LogP contribution in [0.5, 0.6) is 0 Å². The first-order valence-electron chi connectivity index (χ1n) is 9.31. The molecule has 3 rings (SSSR count). The maximum Gasteiger partial charge on any atom is 0.253 e. The van der Waals surface area contributed by atoms with Gasteiger partial charge in [0.25, 0.3) is 5.91 Å². The van der Waals surface area contributed by atoms with Gasteiger partial charge in [0.2, 0.25) is 5.91 Å². The lowest BCUT2D eigenvalue weighted by molar-refractivity contribution is -0.124. The van der Waals surface area contributed by atoms with Crippen molar-refractivity contribution < 1.29 is 14.0 Å². The zero-order valence-electron chi connectivity index (χ0n) is 16.3. The summed E-state index contributed by atoms with van der Waals surface area (Å²) in [6, 6.07) is 13.1. The molecule has 3 aromatic rings. The molecule has 2 aromatic carbocycles. The molecule has 0 bridgehead atoms. The van der Waals surface area contributed by atoms with Crippen molar-refractivity contribution >= 4 is 46.0 Å². The highest BCUT2D eigenvalue weighted by Crippen LogP contribution is 2.24. The number of carbonyl (C=O) groups excluding carboxylic acids is 2. The Morgan fingerprint density at radius 1 is 0.966 bits per heavy atom. The van der Waals surface area contributed by atoms with E-state index in [2.05, 4.69) is 10.6 Å². The van der Waals surface area contributed by atoms with Gasteiger partial charge in [0.05, 0.1) is 16.6 Å². The van der Waals surface area contributed by atoms with Crippen LogP contribution in [0.15, 0.2) is 52.9 Å². The number of rotatable bonds is 6. The fourth-order valence-corrected chi connectivity index (χ4v) is 3.51. The van der Waals surface area contributed by atoms with Crippen LogP contribution in [0.3, 0.4) is 0 Å². The van der Waals surface area contributed by atoms with Gasteiger partial charge in [0, 0.05) is 10.4 Å². The molecule has 152 valence electrons. The number of amides is 2. The van der Waals surface area contributed by atoms with E-state index in [1.165, 1.54) is 12.1 Å². The van der Waals surface area contributed by atoms with Gasteiger partial charge in [-0.3, -0.25) is 9.59 Å². The van der Waals surface area contributed by atoms with Gasteiger partial charge in [0.1, 0.15) is 17.4 Å². The van der Waals surface area contributed by atoms with E-state index in [9.17, 15) is 9.59 Å². The number of fused-ring (bicyclic) bond motifs is 1. The average molecular weight is 433 g/mol. The van der Waals surface area contributed by atoms with Gasteiger partial charge in [0.15, 0.2) is 0 Å². The molecular formula is C22H22Cl2N2O3. The molecule has 0 aliphatic carbocycles. The molecule has 0 spiro atoms. The van der Waals surface area contributed by atoms with Crippen LogP contribution in [0.25, 0.3) is 11.0 Å². The Hall–Kier alpha value is -2.50. The van der Waals surface area contributed by atoms with E-state index >= 15 is 0 Å². The van der Waals surface area contributed by atoms with Crippen molar-refractivity contribution in [2.45, 2.75) is 32.9 Å². The minimum Gasteiger partial charge on any atom is -0.459 e. The Morgan fingerprint density at radius 2 is 1.69 bits per heavy atom. The minimum absolute atomic E-state index is 0.132. The van der Waals surface area contributed by atoms with Crippen molar-refractivity contribution in [3.05, 3.63) is 69.9 Å². The average Bonchev–Trinajstić information content (AvgIpc) is 3.10. The number of hydrogen-bond donors (Lipinski definition) is 2. The van der Waals surface area contributed by atoms with Crippen molar-refractivity contribution in [3.63, 3.8) is 0 Å². The predicted molar refractivity (Wildman–Crippen MR) is 115 cm³/mol. The summed E-state index contributed by atoms with van der Waals surface area (Å²) in [6.45, 7) is 5.56. The SMILES string of the molecule is CC(C)[C@H](NC(=O)c1ccc(Cl)cc1Cl)C(=O)N[C@H](C)c1cc2ccccc2o1. The first-order chi connectivity index (χ1) is 13.8. The molecule has 2 N–H and O–H groups in total. The standard InChI is InChI=1S/C22H22Cl2N2O3/c1-12(2)20(26-21(27)16-9-8-15(23)11-17(16)24)22(28)25-13(3)19-10-14-6-4-5-7-18(14)29-19/h4-13,20H,1-3H3,(H,25,28)(H,26,27)/t13-,20+/m1/s1. The van der Waals surface area contributed by atoms with Crippen molar-refractivity contribution in [2.75, 3.05) is 0 Å². The van der Waals surface area contributed by atoms with Crippen LogP contribution in [0.2, 0.25) is 10.0 Å². The molecular weight excluding hydrogens is 411 g/mol. The number of hydrogen-bond acceptors (Lipinski definition) is 3. The number of furan rings is 1. The zero-order valence-corrected chi connectivity index (χ0v) is 17.8. The summed E-state index contributed by atoms with van der Waals surface area (Å²) >= 11 is 12.0. The quantitative estimate of drug-likeness (QED) is 0.549. The second kappa shape index (κ2) is 8.89. The summed E-state index contributed by atoms with van der Waals surface area (Å²) in [4.78, 5) is 25.5. The van der Waals surface area contributed by atoms with E-state index in [0.29, 0.717) is 10.8 Å². The van der Waals surface area contributed by atoms with Gasteiger partial charge in [-0.2, -0.15) is 0 Å². The van der Waals surface area contributed by atoms with Crippen molar-refractivity contribution in [2.24, 2.45) is 5.92 Å². The fourth-order valence-electron chi connectivity index (χ4n) is 3.02. The van der Waals surface area contributed by atoms with Gasteiger partial charge < -0.3 is 15.1 Å². The number of benzene rings is 2. The molecule has 0 unspecified atom stereocenters. The van der Waals surface area contributed by atoms with Crippen LogP contribution in [-0.2, 0) is 4.79 Å². The second-order valence-electron chi connectivity index (χ2n) is 7.24. The second-order valence-corrected chi connectivity index (χ2v) is 8.08. The zero-order chi connectivity index (χ0) is 21.1. The monoisotopic (exact) mass is 432 g/mol. The van der Waals surface area contributed by atoms with E-state index < -0.39 is 11.9 Å². The highest BCUT2D eigenvalue weighted by molar-refractivity contribution is 6.36. The lowest BCUT2D eigenvalue weighted by Gasteiger charge is -2.23. The Bertz CT molecular complexity index is 1010. The molecule has 7 heteroatoms. The first kappa shape index (κ1) is 21.2. The van der Waals surface area contributed by atoms with E-state index in [0.717, 1.165) is 11.0 Å².